The summed E-state index contributed by atoms with van der Waals surface area (Å²) in [4.78, 5) is 15.2. The highest BCUT2D eigenvalue weighted by Gasteiger charge is 2.48. The van der Waals surface area contributed by atoms with E-state index < -0.39 is 6.17 Å². The maximum Gasteiger partial charge on any atom is 0.135 e. The minimum atomic E-state index is -0.686. The van der Waals surface area contributed by atoms with Gasteiger partial charge < -0.3 is 15.7 Å². The van der Waals surface area contributed by atoms with Crippen molar-refractivity contribution in [2.24, 2.45) is 5.41 Å². The quantitative estimate of drug-likeness (QED) is 0.344. The Morgan fingerprint density at radius 2 is 1.91 bits per heavy atom. The average molecular weight is 593 g/mol. The van der Waals surface area contributed by atoms with Crippen LogP contribution in [0.2, 0.25) is 0 Å². The SMILES string of the molecule is CC.CC(CCC1(C)CCc2c(nc(CC[C@@]34CCCN3CC(F)C4)nc2N2CCC2)C1)c1ccc(N)c(C#N)c1.CO. The highest BCUT2D eigenvalue weighted by molar-refractivity contribution is 5.55. The molecule has 7 nitrogen and oxygen atoms in total. The summed E-state index contributed by atoms with van der Waals surface area (Å²) in [5.41, 5.74) is 11.1. The molecular formula is C35H53FN6O. The number of benzene rings is 1. The van der Waals surface area contributed by atoms with E-state index in [1.54, 1.807) is 0 Å². The zero-order valence-electron chi connectivity index (χ0n) is 27.1. The van der Waals surface area contributed by atoms with E-state index in [9.17, 15) is 9.65 Å². The van der Waals surface area contributed by atoms with Gasteiger partial charge in [0.2, 0.25) is 0 Å². The molecule has 3 N–H and O–H groups in total. The van der Waals surface area contributed by atoms with Crippen LogP contribution in [0.3, 0.4) is 0 Å². The van der Waals surface area contributed by atoms with Crippen molar-refractivity contribution >= 4 is 11.5 Å². The molecule has 0 radical (unpaired) electrons. The van der Waals surface area contributed by atoms with E-state index in [0.717, 1.165) is 83.9 Å². The van der Waals surface area contributed by atoms with Gasteiger partial charge in [-0.1, -0.05) is 33.8 Å². The van der Waals surface area contributed by atoms with E-state index in [4.69, 9.17) is 20.8 Å². The second kappa shape index (κ2) is 14.3. The number of rotatable bonds is 8. The third-order valence-electron chi connectivity index (χ3n) is 10.4. The van der Waals surface area contributed by atoms with E-state index in [0.29, 0.717) is 30.1 Å². The Bertz CT molecular complexity index is 1280. The van der Waals surface area contributed by atoms with Gasteiger partial charge in [0.25, 0.3) is 0 Å². The average Bonchev–Trinajstić information content (AvgIpc) is 3.52. The molecule has 236 valence electrons. The number of aliphatic hydroxyl groups is 1. The molecule has 4 aliphatic rings. The van der Waals surface area contributed by atoms with Crippen LogP contribution in [0.25, 0.3) is 0 Å². The first-order valence-electron chi connectivity index (χ1n) is 16.5. The normalized spacial score (nSPS) is 26.6. The molecule has 43 heavy (non-hydrogen) atoms. The van der Waals surface area contributed by atoms with Gasteiger partial charge in [0, 0.05) is 55.6 Å². The van der Waals surface area contributed by atoms with E-state index >= 15 is 0 Å². The zero-order chi connectivity index (χ0) is 31.2. The number of anilines is 2. The summed E-state index contributed by atoms with van der Waals surface area (Å²) in [5, 5.41) is 16.4. The third-order valence-corrected chi connectivity index (χ3v) is 10.4. The predicted octanol–water partition coefficient (Wildman–Crippen LogP) is 6.36. The number of aromatic nitrogens is 2. The van der Waals surface area contributed by atoms with E-state index in [-0.39, 0.29) is 11.0 Å². The molecule has 0 amide bonds. The van der Waals surface area contributed by atoms with Crippen LogP contribution in [-0.2, 0) is 19.3 Å². The van der Waals surface area contributed by atoms with Gasteiger partial charge in [0.05, 0.1) is 5.56 Å². The third kappa shape index (κ3) is 7.15. The summed E-state index contributed by atoms with van der Waals surface area (Å²) in [6.45, 7) is 12.5. The molecule has 1 aromatic carbocycles. The van der Waals surface area contributed by atoms with Gasteiger partial charge in [0.1, 0.15) is 23.9 Å². The fourth-order valence-corrected chi connectivity index (χ4v) is 7.67. The molecule has 3 aliphatic heterocycles. The van der Waals surface area contributed by atoms with Crippen molar-refractivity contribution in [3.05, 3.63) is 46.4 Å². The molecule has 0 saturated carbocycles. The van der Waals surface area contributed by atoms with Crippen LogP contribution < -0.4 is 10.6 Å². The van der Waals surface area contributed by atoms with Crippen molar-refractivity contribution in [3.63, 3.8) is 0 Å². The van der Waals surface area contributed by atoms with Crippen LogP contribution in [0.1, 0.15) is 113 Å². The Balaban J connectivity index is 0.00000102. The van der Waals surface area contributed by atoms with Crippen molar-refractivity contribution in [1.29, 1.82) is 5.26 Å². The zero-order valence-corrected chi connectivity index (χ0v) is 27.1. The van der Waals surface area contributed by atoms with Crippen molar-refractivity contribution in [3.8, 4) is 6.07 Å². The number of fused-ring (bicyclic) bond motifs is 2. The molecular weight excluding hydrogens is 539 g/mol. The fraction of sp³-hybridized carbons (Fsp3) is 0.686. The van der Waals surface area contributed by atoms with Gasteiger partial charge in [-0.2, -0.15) is 5.26 Å². The molecule has 3 unspecified atom stereocenters. The lowest BCUT2D eigenvalue weighted by Crippen LogP contribution is -2.40. The van der Waals surface area contributed by atoms with Crippen molar-refractivity contribution < 1.29 is 9.50 Å². The van der Waals surface area contributed by atoms with E-state index in [1.165, 1.54) is 35.5 Å². The maximum atomic E-state index is 14.3. The smallest absolute Gasteiger partial charge is 0.135 e. The Morgan fingerprint density at radius 3 is 2.60 bits per heavy atom. The minimum Gasteiger partial charge on any atom is -0.400 e. The van der Waals surface area contributed by atoms with Crippen LogP contribution in [0.5, 0.6) is 0 Å². The first kappa shape index (κ1) is 33.1. The Labute approximate surface area is 258 Å². The lowest BCUT2D eigenvalue weighted by Gasteiger charge is -2.39. The highest BCUT2D eigenvalue weighted by atomic mass is 19.1. The van der Waals surface area contributed by atoms with Gasteiger partial charge in [-0.25, -0.2) is 14.4 Å². The van der Waals surface area contributed by atoms with Crippen LogP contribution in [0.4, 0.5) is 15.9 Å². The second-order valence-corrected chi connectivity index (χ2v) is 13.2. The molecule has 0 spiro atoms. The topological polar surface area (TPSA) is 102 Å². The Hall–Kier alpha value is -2.76. The van der Waals surface area contributed by atoms with E-state index in [2.05, 4.69) is 35.8 Å². The predicted molar refractivity (Wildman–Crippen MR) is 173 cm³/mol. The molecule has 2 aromatic rings. The van der Waals surface area contributed by atoms with E-state index in [1.807, 2.05) is 26.0 Å². The number of halogens is 1. The lowest BCUT2D eigenvalue weighted by atomic mass is 9.70. The minimum absolute atomic E-state index is 0.0216. The molecule has 1 aliphatic carbocycles. The summed E-state index contributed by atoms with van der Waals surface area (Å²) in [6.07, 6.45) is 10.7. The summed E-state index contributed by atoms with van der Waals surface area (Å²) in [7, 11) is 1.00. The number of hydrogen-bond acceptors (Lipinski definition) is 7. The molecule has 4 heterocycles. The molecule has 3 fully saturated rings. The number of aryl methyl sites for hydroxylation is 1. The standard InChI is InChI=1S/C32H43FN6.C2H6.CH4O/c1-22(23-5-6-27(35)24(17-23)20-34)7-11-31(2)12-8-26-28(19-31)36-29(37-30(26)38-14-4-15-38)9-13-32-10-3-16-39(32)21-25(33)18-32;2*1-2/h5-6,17,22,25H,3-4,7-16,18-19,21,35H2,1-2H3;1-2H3;2H,1H3/t22?,25?,31?,32-;;/m1../s1. The molecule has 1 aromatic heterocycles. The first-order valence-corrected chi connectivity index (χ1v) is 16.5. The number of nitrogens with two attached hydrogens (primary N) is 1. The van der Waals surface area contributed by atoms with Gasteiger partial charge in [-0.05, 0) is 99.8 Å². The monoisotopic (exact) mass is 592 g/mol. The number of nitrogens with zero attached hydrogens (tertiary/aromatic N) is 5. The summed E-state index contributed by atoms with van der Waals surface area (Å²) < 4.78 is 14.3. The summed E-state index contributed by atoms with van der Waals surface area (Å²) >= 11 is 0. The number of nitrogen functional groups attached to an aromatic ring is 1. The van der Waals surface area contributed by atoms with Gasteiger partial charge in [0.15, 0.2) is 0 Å². The Morgan fingerprint density at radius 1 is 1.14 bits per heavy atom. The second-order valence-electron chi connectivity index (χ2n) is 13.2. The number of nitriles is 1. The van der Waals surface area contributed by atoms with Crippen LogP contribution in [0, 0.1) is 16.7 Å². The van der Waals surface area contributed by atoms with Crippen LogP contribution >= 0.6 is 0 Å². The molecule has 8 heteroatoms. The summed E-state index contributed by atoms with van der Waals surface area (Å²) in [6, 6.07) is 8.11. The molecule has 3 saturated heterocycles. The largest absolute Gasteiger partial charge is 0.400 e. The molecule has 0 bridgehead atoms. The number of alkyl halides is 1. The first-order chi connectivity index (χ1) is 20.8. The van der Waals surface area contributed by atoms with Gasteiger partial charge in [-0.3, -0.25) is 4.90 Å². The molecule has 6 rings (SSSR count). The fourth-order valence-electron chi connectivity index (χ4n) is 7.67. The van der Waals surface area contributed by atoms with Crippen molar-refractivity contribution in [2.45, 2.75) is 116 Å². The lowest BCUT2D eigenvalue weighted by molar-refractivity contribution is 0.181. The maximum absolute atomic E-state index is 14.3. The van der Waals surface area contributed by atoms with Crippen molar-refractivity contribution in [2.75, 3.05) is 43.9 Å². The van der Waals surface area contributed by atoms with Gasteiger partial charge >= 0.3 is 0 Å². The highest BCUT2D eigenvalue weighted by Crippen LogP contribution is 2.45. The van der Waals surface area contributed by atoms with Crippen molar-refractivity contribution in [1.82, 2.24) is 14.9 Å². The number of aliphatic hydroxyl groups excluding tert-OH is 1. The molecule has 4 atom stereocenters. The van der Waals surface area contributed by atoms with Gasteiger partial charge in [-0.15, -0.1) is 0 Å². The Kier molecular flexibility index (Phi) is 11.1. The van der Waals surface area contributed by atoms with Crippen LogP contribution in [0.15, 0.2) is 18.2 Å². The van der Waals surface area contributed by atoms with Crippen LogP contribution in [-0.4, -0.2) is 65.0 Å². The summed E-state index contributed by atoms with van der Waals surface area (Å²) in [5.74, 6) is 2.51. The number of hydrogen-bond donors (Lipinski definition) is 2.